The molecule has 0 radical (unpaired) electrons. The maximum Gasteiger partial charge on any atom is 0.349 e. The van der Waals surface area contributed by atoms with Crippen molar-refractivity contribution in [3.63, 3.8) is 0 Å². The topological polar surface area (TPSA) is 278 Å². The summed E-state index contributed by atoms with van der Waals surface area (Å²) in [5.41, 5.74) is 6.58. The monoisotopic (exact) mass is 512 g/mol. The lowest BCUT2D eigenvalue weighted by Gasteiger charge is -2.30. The number of halogens is 1. The Labute approximate surface area is 180 Å². The zero-order valence-corrected chi connectivity index (χ0v) is 18.3. The Morgan fingerprint density at radius 3 is 1.55 bits per heavy atom. The molecule has 0 rings (SSSR count). The van der Waals surface area contributed by atoms with Crippen molar-refractivity contribution in [1.29, 1.82) is 0 Å². The molecule has 16 nitrogen and oxygen atoms in total. The summed E-state index contributed by atoms with van der Waals surface area (Å²) in [6.07, 6.45) is -1.82. The van der Waals surface area contributed by atoms with E-state index in [0.717, 1.165) is 0 Å². The molecule has 19 heteroatoms. The molecule has 0 saturated heterocycles. The molecule has 0 aromatic carbocycles. The Morgan fingerprint density at radius 2 is 1.32 bits per heavy atom. The number of hydrogen-bond acceptors (Lipinski definition) is 12. The summed E-state index contributed by atoms with van der Waals surface area (Å²) in [6.45, 7) is -1.96. The number of aliphatic carboxylic acids is 2. The largest absolute Gasteiger partial charge is 0.481 e. The van der Waals surface area contributed by atoms with E-state index >= 15 is 0 Å². The van der Waals surface area contributed by atoms with Gasteiger partial charge in [0.15, 0.2) is 18.0 Å². The van der Waals surface area contributed by atoms with Crippen LogP contribution in [-0.4, -0.2) is 80.6 Å². The molecule has 10 N–H and O–H groups in total. The molecule has 0 spiro atoms. The fourth-order valence-corrected chi connectivity index (χ4v) is 6.05. The van der Waals surface area contributed by atoms with Gasteiger partial charge in [0.1, 0.15) is 24.8 Å². The van der Waals surface area contributed by atoms with Crippen LogP contribution in [0.4, 0.5) is 0 Å². The van der Waals surface area contributed by atoms with E-state index in [2.05, 4.69) is 10.6 Å². The third-order valence-corrected chi connectivity index (χ3v) is 8.83. The highest BCUT2D eigenvalue weighted by molar-refractivity contribution is 7.72. The summed E-state index contributed by atoms with van der Waals surface area (Å²) in [5.74, 6) is -3.90. The SMILES string of the molecule is N[C@@](C=O)(CC(=O)O)NCOP(=O)(OCN[C@](N)(C=O)CC(=O)O)C(CCl)P(=O)(O)O. The second-order valence-electron chi connectivity index (χ2n) is 6.12. The average Bonchev–Trinajstić information content (AvgIpc) is 2.59. The maximum absolute atomic E-state index is 13.0. The summed E-state index contributed by atoms with van der Waals surface area (Å²) in [4.78, 5) is 62.3. The molecular formula is C12H23ClN4O12P2. The lowest BCUT2D eigenvalue weighted by atomic mass is 10.1. The molecule has 31 heavy (non-hydrogen) atoms. The van der Waals surface area contributed by atoms with Crippen molar-refractivity contribution >= 4 is 51.3 Å². The van der Waals surface area contributed by atoms with E-state index in [9.17, 15) is 38.1 Å². The molecule has 0 aromatic rings. The van der Waals surface area contributed by atoms with Gasteiger partial charge in [0, 0.05) is 5.88 Å². The molecule has 0 fully saturated rings. The van der Waals surface area contributed by atoms with Gasteiger partial charge in [-0.3, -0.25) is 48.0 Å². The molecule has 1 unspecified atom stereocenters. The number of carbonyl (C=O) groups is 4. The lowest BCUT2D eigenvalue weighted by Crippen LogP contribution is -2.57. The smallest absolute Gasteiger partial charge is 0.349 e. The zero-order valence-electron chi connectivity index (χ0n) is 15.7. The predicted molar refractivity (Wildman–Crippen MR) is 103 cm³/mol. The van der Waals surface area contributed by atoms with E-state index in [0.29, 0.717) is 0 Å². The summed E-state index contributed by atoms with van der Waals surface area (Å²) in [7, 11) is -10.1. The van der Waals surface area contributed by atoms with E-state index in [1.165, 1.54) is 0 Å². The van der Waals surface area contributed by atoms with Crippen LogP contribution < -0.4 is 22.1 Å². The highest BCUT2D eigenvalue weighted by atomic mass is 35.5. The lowest BCUT2D eigenvalue weighted by molar-refractivity contribution is -0.141. The fourth-order valence-electron chi connectivity index (χ4n) is 1.87. The van der Waals surface area contributed by atoms with Crippen LogP contribution in [-0.2, 0) is 37.4 Å². The fraction of sp³-hybridized carbons (Fsp3) is 0.667. The molecule has 0 saturated carbocycles. The Morgan fingerprint density at radius 1 is 0.968 bits per heavy atom. The zero-order chi connectivity index (χ0) is 24.5. The number of hydrogen-bond donors (Lipinski definition) is 8. The summed E-state index contributed by atoms with van der Waals surface area (Å²) in [6, 6.07) is 0. The van der Waals surface area contributed by atoms with Crippen LogP contribution in [0.25, 0.3) is 0 Å². The second kappa shape index (κ2) is 12.1. The number of carboxylic acid groups (broad SMARTS) is 2. The van der Waals surface area contributed by atoms with Gasteiger partial charge in [-0.1, -0.05) is 0 Å². The van der Waals surface area contributed by atoms with Crippen molar-refractivity contribution in [2.45, 2.75) is 29.6 Å². The first-order chi connectivity index (χ1) is 14.1. The number of nitrogens with one attached hydrogen (secondary N) is 2. The maximum atomic E-state index is 13.0. The van der Waals surface area contributed by atoms with E-state index in [1.54, 1.807) is 0 Å². The van der Waals surface area contributed by atoms with Gasteiger partial charge in [-0.2, -0.15) is 0 Å². The van der Waals surface area contributed by atoms with Crippen LogP contribution in [0.1, 0.15) is 12.8 Å². The Kier molecular flexibility index (Phi) is 11.6. The standard InChI is InChI=1S/C12H23ClN4O12P2/c13-3-10(30(24,25)26)31(27,28-6-16-11(14,4-18)1-8(20)21)29-7-17-12(15,5-19)2-9(22)23/h4-5,10,16-17H,1-3,6-7,14-15H2,(H,20,21)(H,22,23)(H2,24,25,26)/t10?,11-,12-/m0/s1. The van der Waals surface area contributed by atoms with Crippen LogP contribution in [0.15, 0.2) is 0 Å². The quantitative estimate of drug-likeness (QED) is 0.0440. The van der Waals surface area contributed by atoms with Gasteiger partial charge in [0.25, 0.3) is 0 Å². The van der Waals surface area contributed by atoms with Crippen molar-refractivity contribution in [1.82, 2.24) is 10.6 Å². The van der Waals surface area contributed by atoms with Gasteiger partial charge < -0.3 is 31.5 Å². The number of carboxylic acids is 2. The van der Waals surface area contributed by atoms with Gasteiger partial charge in [-0.05, 0) is 0 Å². The van der Waals surface area contributed by atoms with E-state index in [-0.39, 0.29) is 12.6 Å². The summed E-state index contributed by atoms with van der Waals surface area (Å²) in [5, 5.41) is 19.4. The van der Waals surface area contributed by atoms with Crippen molar-refractivity contribution in [3.8, 4) is 0 Å². The van der Waals surface area contributed by atoms with Crippen molar-refractivity contribution in [2.24, 2.45) is 11.5 Å². The molecule has 3 atom stereocenters. The molecule has 0 aromatic heterocycles. The van der Waals surface area contributed by atoms with E-state index in [1.807, 2.05) is 0 Å². The minimum atomic E-state index is -5.21. The number of aldehydes is 2. The van der Waals surface area contributed by atoms with E-state index in [4.69, 9.17) is 42.3 Å². The Hall–Kier alpha value is -1.29. The van der Waals surface area contributed by atoms with Gasteiger partial charge in [-0.25, -0.2) is 0 Å². The van der Waals surface area contributed by atoms with Crippen LogP contribution in [0, 0.1) is 0 Å². The predicted octanol–water partition coefficient (Wildman–Crippen LogP) is -2.29. The molecule has 0 bridgehead atoms. The molecule has 0 aliphatic heterocycles. The number of carbonyl (C=O) groups excluding carboxylic acids is 2. The number of alkyl halides is 1. The third kappa shape index (κ3) is 10.2. The summed E-state index contributed by atoms with van der Waals surface area (Å²) >= 11 is 5.48. The van der Waals surface area contributed by atoms with Gasteiger partial charge in [-0.15, -0.1) is 11.6 Å². The van der Waals surface area contributed by atoms with Crippen LogP contribution >= 0.6 is 26.8 Å². The van der Waals surface area contributed by atoms with Gasteiger partial charge in [0.05, 0.1) is 12.8 Å². The van der Waals surface area contributed by atoms with Crippen molar-refractivity contribution < 1.29 is 57.4 Å². The van der Waals surface area contributed by atoms with E-state index < -0.39 is 76.0 Å². The third-order valence-electron chi connectivity index (χ3n) is 3.49. The Bertz CT molecular complexity index is 722. The normalized spacial score (nSPS) is 17.2. The first kappa shape index (κ1) is 29.7. The van der Waals surface area contributed by atoms with Crippen LogP contribution in [0.3, 0.4) is 0 Å². The highest BCUT2D eigenvalue weighted by Gasteiger charge is 2.48. The van der Waals surface area contributed by atoms with Crippen LogP contribution in [0.5, 0.6) is 0 Å². The number of rotatable bonds is 17. The molecule has 0 heterocycles. The highest BCUT2D eigenvalue weighted by Crippen LogP contribution is 2.66. The van der Waals surface area contributed by atoms with Gasteiger partial charge in [0.2, 0.25) is 0 Å². The first-order valence-corrected chi connectivity index (χ1v) is 11.8. The number of nitrogens with two attached hydrogens (primary N) is 2. The first-order valence-electron chi connectivity index (χ1n) is 8.00. The van der Waals surface area contributed by atoms with Crippen LogP contribution in [0.2, 0.25) is 0 Å². The minimum Gasteiger partial charge on any atom is -0.481 e. The van der Waals surface area contributed by atoms with Gasteiger partial charge >= 0.3 is 27.1 Å². The average molecular weight is 513 g/mol. The Balaban J connectivity index is 5.50. The molecular weight excluding hydrogens is 490 g/mol. The second-order valence-corrected chi connectivity index (χ2v) is 10.9. The molecule has 0 aliphatic carbocycles. The summed E-state index contributed by atoms with van der Waals surface area (Å²) < 4.78 is 34.3. The molecule has 0 aliphatic rings. The molecule has 0 amide bonds. The molecule has 180 valence electrons. The minimum absolute atomic E-state index is 0.0125. The van der Waals surface area contributed by atoms with Crippen molar-refractivity contribution in [2.75, 3.05) is 19.3 Å². The van der Waals surface area contributed by atoms with Crippen molar-refractivity contribution in [3.05, 3.63) is 0 Å².